The molecule has 1 aliphatic rings. The van der Waals surface area contributed by atoms with E-state index in [9.17, 15) is 26.8 Å². The van der Waals surface area contributed by atoms with Gasteiger partial charge in [0.1, 0.15) is 29.5 Å². The number of aromatic nitrogens is 3. The van der Waals surface area contributed by atoms with Gasteiger partial charge in [-0.05, 0) is 31.5 Å². The Morgan fingerprint density at radius 1 is 1.29 bits per heavy atom. The Kier molecular flexibility index (Phi) is 7.19. The standard InChI is InChI=1S/C24H24F3N5O5S/c1-13-4-7-19(28-10-13)32-22(29-20(33)12-38(3,35)36)21-17(31-32)9-24(2,30-23(21)34)15-6-5-14(8-16(15)25)37-11-18(26)27/h4-8,10,18H,9,11-12H2,1-3H3,(H,29,33)(H,30,34)/t24-/m0/s1. The van der Waals surface area contributed by atoms with Crippen molar-refractivity contribution in [3.8, 4) is 11.6 Å². The maximum Gasteiger partial charge on any atom is 0.272 e. The summed E-state index contributed by atoms with van der Waals surface area (Å²) in [5.41, 5.74) is -0.222. The van der Waals surface area contributed by atoms with Crippen LogP contribution in [0.1, 0.15) is 34.1 Å². The Morgan fingerprint density at radius 3 is 2.63 bits per heavy atom. The molecule has 2 aromatic heterocycles. The summed E-state index contributed by atoms with van der Waals surface area (Å²) in [5.74, 6) is -3.11. The van der Waals surface area contributed by atoms with Crippen molar-refractivity contribution in [2.75, 3.05) is 23.9 Å². The fraction of sp³-hybridized carbons (Fsp3) is 0.333. The van der Waals surface area contributed by atoms with Crippen LogP contribution in [0.25, 0.3) is 5.82 Å². The highest BCUT2D eigenvalue weighted by molar-refractivity contribution is 7.91. The lowest BCUT2D eigenvalue weighted by Gasteiger charge is -2.34. The van der Waals surface area contributed by atoms with Gasteiger partial charge in [0, 0.05) is 30.5 Å². The lowest BCUT2D eigenvalue weighted by molar-refractivity contribution is -0.113. The maximum atomic E-state index is 15.1. The molecule has 0 aliphatic carbocycles. The molecule has 14 heteroatoms. The van der Waals surface area contributed by atoms with Gasteiger partial charge in [0.15, 0.2) is 21.5 Å². The van der Waals surface area contributed by atoms with Crippen LogP contribution in [0.3, 0.4) is 0 Å². The number of carbonyl (C=O) groups excluding carboxylic acids is 2. The molecule has 0 saturated heterocycles. The number of carbonyl (C=O) groups is 2. The Balaban J connectivity index is 1.74. The summed E-state index contributed by atoms with van der Waals surface area (Å²) in [6.07, 6.45) is -0.292. The fourth-order valence-electron chi connectivity index (χ4n) is 4.15. The fourth-order valence-corrected chi connectivity index (χ4v) is 4.69. The van der Waals surface area contributed by atoms with Crippen LogP contribution < -0.4 is 15.4 Å². The quantitative estimate of drug-likeness (QED) is 0.440. The lowest BCUT2D eigenvalue weighted by Crippen LogP contribution is -2.49. The van der Waals surface area contributed by atoms with Crippen molar-refractivity contribution in [3.05, 3.63) is 64.7 Å². The van der Waals surface area contributed by atoms with Crippen molar-refractivity contribution in [1.82, 2.24) is 20.1 Å². The second-order valence-corrected chi connectivity index (χ2v) is 11.3. The van der Waals surface area contributed by atoms with Crippen molar-refractivity contribution in [1.29, 1.82) is 0 Å². The number of amides is 2. The van der Waals surface area contributed by atoms with Gasteiger partial charge >= 0.3 is 0 Å². The molecule has 2 amide bonds. The van der Waals surface area contributed by atoms with Crippen LogP contribution in [-0.2, 0) is 26.6 Å². The normalized spacial score (nSPS) is 17.2. The minimum absolute atomic E-state index is 0.0178. The number of nitrogens with one attached hydrogen (secondary N) is 2. The zero-order valence-corrected chi connectivity index (χ0v) is 21.4. The maximum absolute atomic E-state index is 15.1. The summed E-state index contributed by atoms with van der Waals surface area (Å²) in [6, 6.07) is 6.95. The number of benzene rings is 1. The van der Waals surface area contributed by atoms with E-state index in [2.05, 4.69) is 20.7 Å². The van der Waals surface area contributed by atoms with Crippen LogP contribution in [0.5, 0.6) is 5.75 Å². The highest BCUT2D eigenvalue weighted by atomic mass is 32.2. The second-order valence-electron chi connectivity index (χ2n) is 9.20. The van der Waals surface area contributed by atoms with Gasteiger partial charge in [0.2, 0.25) is 5.91 Å². The third-order valence-corrected chi connectivity index (χ3v) is 6.56. The summed E-state index contributed by atoms with van der Waals surface area (Å²) in [5, 5.41) is 9.65. The molecule has 2 N–H and O–H groups in total. The molecule has 0 bridgehead atoms. The number of nitrogens with zero attached hydrogens (tertiary/aromatic N) is 3. The van der Waals surface area contributed by atoms with Crippen LogP contribution in [0.4, 0.5) is 19.0 Å². The second kappa shape index (κ2) is 10.1. The molecule has 1 atom stereocenters. The van der Waals surface area contributed by atoms with E-state index < -0.39 is 51.8 Å². The van der Waals surface area contributed by atoms with E-state index in [1.54, 1.807) is 25.3 Å². The molecule has 1 aliphatic heterocycles. The predicted molar refractivity (Wildman–Crippen MR) is 131 cm³/mol. The number of halogens is 3. The van der Waals surface area contributed by atoms with Gasteiger partial charge in [-0.3, -0.25) is 9.59 Å². The smallest absolute Gasteiger partial charge is 0.272 e. The molecular formula is C24H24F3N5O5S. The van der Waals surface area contributed by atoms with Crippen molar-refractivity contribution in [2.24, 2.45) is 0 Å². The topological polar surface area (TPSA) is 132 Å². The third-order valence-electron chi connectivity index (χ3n) is 5.77. The van der Waals surface area contributed by atoms with Crippen LogP contribution >= 0.6 is 0 Å². The number of aryl methyl sites for hydroxylation is 1. The van der Waals surface area contributed by atoms with Gasteiger partial charge in [-0.1, -0.05) is 12.1 Å². The number of pyridine rings is 1. The summed E-state index contributed by atoms with van der Waals surface area (Å²) >= 11 is 0. The van der Waals surface area contributed by atoms with Crippen LogP contribution in [0.2, 0.25) is 0 Å². The van der Waals surface area contributed by atoms with E-state index in [0.29, 0.717) is 0 Å². The van der Waals surface area contributed by atoms with Crippen molar-refractivity contribution in [3.63, 3.8) is 0 Å². The zero-order chi connectivity index (χ0) is 27.8. The van der Waals surface area contributed by atoms with E-state index in [1.807, 2.05) is 6.92 Å². The highest BCUT2D eigenvalue weighted by Gasteiger charge is 2.42. The largest absolute Gasteiger partial charge is 0.488 e. The Labute approximate surface area is 216 Å². The molecule has 3 aromatic rings. The highest BCUT2D eigenvalue weighted by Crippen LogP contribution is 2.37. The van der Waals surface area contributed by atoms with E-state index >= 15 is 4.39 Å². The summed E-state index contributed by atoms with van der Waals surface area (Å²) in [6.45, 7) is 2.49. The zero-order valence-electron chi connectivity index (χ0n) is 20.6. The number of hydrogen-bond acceptors (Lipinski definition) is 7. The molecule has 0 unspecified atom stereocenters. The van der Waals surface area contributed by atoms with Crippen molar-refractivity contribution >= 4 is 27.5 Å². The number of anilines is 1. The predicted octanol–water partition coefficient (Wildman–Crippen LogP) is 2.54. The Morgan fingerprint density at radius 2 is 2.03 bits per heavy atom. The average molecular weight is 552 g/mol. The molecule has 4 rings (SSSR count). The van der Waals surface area contributed by atoms with E-state index in [0.717, 1.165) is 17.9 Å². The lowest BCUT2D eigenvalue weighted by atomic mass is 9.83. The number of fused-ring (bicyclic) bond motifs is 1. The summed E-state index contributed by atoms with van der Waals surface area (Å²) < 4.78 is 69.3. The van der Waals surface area contributed by atoms with Crippen LogP contribution in [0.15, 0.2) is 36.5 Å². The van der Waals surface area contributed by atoms with E-state index in [1.165, 1.54) is 16.8 Å². The minimum atomic E-state index is -3.67. The summed E-state index contributed by atoms with van der Waals surface area (Å²) in [4.78, 5) is 30.1. The van der Waals surface area contributed by atoms with Gasteiger partial charge in [-0.15, -0.1) is 0 Å². The first-order valence-electron chi connectivity index (χ1n) is 11.3. The van der Waals surface area contributed by atoms with E-state index in [-0.39, 0.29) is 40.6 Å². The average Bonchev–Trinajstić information content (AvgIpc) is 3.14. The van der Waals surface area contributed by atoms with Gasteiger partial charge in [-0.2, -0.15) is 9.78 Å². The number of sulfone groups is 1. The third kappa shape index (κ3) is 5.79. The SMILES string of the molecule is Cc1ccc(-n2nc3c(c2NC(=O)CS(C)(=O)=O)C(=O)N[C@](C)(c2ccc(OCC(F)F)cc2F)C3)nc1. The molecule has 0 radical (unpaired) electrons. The molecule has 202 valence electrons. The van der Waals surface area contributed by atoms with Gasteiger partial charge in [0.25, 0.3) is 12.3 Å². The van der Waals surface area contributed by atoms with E-state index in [4.69, 9.17) is 4.74 Å². The van der Waals surface area contributed by atoms with Gasteiger partial charge in [-0.25, -0.2) is 26.6 Å². The number of rotatable bonds is 8. The van der Waals surface area contributed by atoms with Crippen molar-refractivity contribution in [2.45, 2.75) is 32.2 Å². The van der Waals surface area contributed by atoms with Crippen LogP contribution in [0, 0.1) is 12.7 Å². The molecule has 0 saturated carbocycles. The monoisotopic (exact) mass is 551 g/mol. The molecular weight excluding hydrogens is 527 g/mol. The molecule has 0 fully saturated rings. The molecule has 1 aromatic carbocycles. The number of hydrogen-bond donors (Lipinski definition) is 2. The Bertz CT molecular complexity index is 1510. The molecule has 0 spiro atoms. The first-order valence-corrected chi connectivity index (χ1v) is 13.4. The summed E-state index contributed by atoms with van der Waals surface area (Å²) in [7, 11) is -3.67. The molecule has 38 heavy (non-hydrogen) atoms. The van der Waals surface area contributed by atoms with Crippen molar-refractivity contribution < 1.29 is 35.9 Å². The molecule has 10 nitrogen and oxygen atoms in total. The molecule has 3 heterocycles. The van der Waals surface area contributed by atoms with Gasteiger partial charge < -0.3 is 15.4 Å². The first-order chi connectivity index (χ1) is 17.8. The Hall–Kier alpha value is -3.94. The number of alkyl halides is 2. The minimum Gasteiger partial charge on any atom is -0.488 e. The number of ether oxygens (including phenoxy) is 1. The van der Waals surface area contributed by atoms with Gasteiger partial charge in [0.05, 0.1) is 11.2 Å². The first kappa shape index (κ1) is 27.1. The van der Waals surface area contributed by atoms with Crippen LogP contribution in [-0.4, -0.2) is 60.0 Å².